The zero-order chi connectivity index (χ0) is 18.1. The molecule has 1 aliphatic heterocycles. The molecule has 0 bridgehead atoms. The number of amides is 2. The summed E-state index contributed by atoms with van der Waals surface area (Å²) in [6.07, 6.45) is 0.609. The van der Waals surface area contributed by atoms with E-state index in [1.807, 2.05) is 13.8 Å². The Kier molecular flexibility index (Phi) is 5.03. The Morgan fingerprint density at radius 2 is 1.96 bits per heavy atom. The maximum atomic E-state index is 12.9. The summed E-state index contributed by atoms with van der Waals surface area (Å²) < 4.78 is 24.5. The third-order valence-electron chi connectivity index (χ3n) is 4.37. The summed E-state index contributed by atoms with van der Waals surface area (Å²) in [7, 11) is -3.68. The van der Waals surface area contributed by atoms with Crippen LogP contribution in [-0.4, -0.2) is 37.6 Å². The number of rotatable bonds is 4. The molecule has 1 N–H and O–H groups in total. The number of para-hydroxylation sites is 1. The molecule has 0 fully saturated rings. The third-order valence-corrected chi connectivity index (χ3v) is 6.90. The lowest BCUT2D eigenvalue weighted by atomic mass is 10.1. The van der Waals surface area contributed by atoms with Crippen molar-refractivity contribution in [2.75, 3.05) is 11.4 Å². The molecule has 0 aliphatic carbocycles. The molecule has 1 aromatic carbocycles. The molecule has 0 radical (unpaired) electrons. The van der Waals surface area contributed by atoms with Gasteiger partial charge in [-0.2, -0.15) is 0 Å². The van der Waals surface area contributed by atoms with Crippen molar-refractivity contribution in [1.29, 1.82) is 0 Å². The van der Waals surface area contributed by atoms with Gasteiger partial charge in [-0.25, -0.2) is 8.42 Å². The quantitative estimate of drug-likeness (QED) is 0.897. The van der Waals surface area contributed by atoms with Crippen molar-refractivity contribution in [3.05, 3.63) is 24.3 Å². The van der Waals surface area contributed by atoms with E-state index in [-0.39, 0.29) is 41.4 Å². The monoisotopic (exact) mass is 352 g/mol. The molecule has 0 aromatic heterocycles. The van der Waals surface area contributed by atoms with E-state index in [0.717, 1.165) is 6.42 Å². The van der Waals surface area contributed by atoms with Gasteiger partial charge in [0.2, 0.25) is 11.8 Å². The zero-order valence-corrected chi connectivity index (χ0v) is 15.3. The van der Waals surface area contributed by atoms with Gasteiger partial charge in [0.1, 0.15) is 6.54 Å². The number of benzene rings is 1. The van der Waals surface area contributed by atoms with Gasteiger partial charge in [0.25, 0.3) is 0 Å². The van der Waals surface area contributed by atoms with Crippen LogP contribution in [0.5, 0.6) is 0 Å². The number of hydrogen-bond acceptors (Lipinski definition) is 4. The highest BCUT2D eigenvalue weighted by Crippen LogP contribution is 2.38. The molecule has 1 aliphatic rings. The highest BCUT2D eigenvalue weighted by Gasteiger charge is 2.44. The molecular weight excluding hydrogens is 328 g/mol. The Morgan fingerprint density at radius 3 is 2.58 bits per heavy atom. The number of nitrogens with one attached hydrogen (secondary N) is 1. The van der Waals surface area contributed by atoms with E-state index in [1.54, 1.807) is 32.0 Å². The van der Waals surface area contributed by atoms with Crippen molar-refractivity contribution in [1.82, 2.24) is 5.32 Å². The summed E-state index contributed by atoms with van der Waals surface area (Å²) in [5, 5.41) is 2.81. The average molecular weight is 352 g/mol. The third kappa shape index (κ3) is 3.31. The van der Waals surface area contributed by atoms with E-state index in [9.17, 15) is 18.0 Å². The van der Waals surface area contributed by atoms with Gasteiger partial charge >= 0.3 is 0 Å². The topological polar surface area (TPSA) is 83.6 Å². The van der Waals surface area contributed by atoms with Crippen molar-refractivity contribution in [3.8, 4) is 0 Å². The Balaban J connectivity index is 2.46. The minimum atomic E-state index is -3.68. The van der Waals surface area contributed by atoms with Gasteiger partial charge in [-0.15, -0.1) is 0 Å². The van der Waals surface area contributed by atoms with E-state index in [4.69, 9.17) is 0 Å². The Labute approximate surface area is 143 Å². The number of carbonyl (C=O) groups excluding carboxylic acids is 2. The second-order valence-corrected chi connectivity index (χ2v) is 9.32. The van der Waals surface area contributed by atoms with Crippen LogP contribution < -0.4 is 10.2 Å². The van der Waals surface area contributed by atoms with Crippen molar-refractivity contribution in [3.63, 3.8) is 0 Å². The lowest BCUT2D eigenvalue weighted by Gasteiger charge is -2.23. The highest BCUT2D eigenvalue weighted by molar-refractivity contribution is 7.93. The molecular formula is C17H24N2O4S. The van der Waals surface area contributed by atoms with Gasteiger partial charge in [-0.1, -0.05) is 19.1 Å². The van der Waals surface area contributed by atoms with Gasteiger partial charge in [-0.3, -0.25) is 9.59 Å². The van der Waals surface area contributed by atoms with Crippen LogP contribution in [0.4, 0.5) is 5.69 Å². The fourth-order valence-electron chi connectivity index (χ4n) is 2.63. The summed E-state index contributed by atoms with van der Waals surface area (Å²) in [5.74, 6) is -0.669. The molecule has 2 amide bonds. The largest absolute Gasteiger partial charge is 0.352 e. The predicted molar refractivity (Wildman–Crippen MR) is 92.6 cm³/mol. The van der Waals surface area contributed by atoms with Crippen molar-refractivity contribution in [2.24, 2.45) is 0 Å². The summed E-state index contributed by atoms with van der Waals surface area (Å²) in [4.78, 5) is 26.2. The number of sulfone groups is 1. The number of nitrogens with zero attached hydrogens (tertiary/aromatic N) is 1. The van der Waals surface area contributed by atoms with Crippen molar-refractivity contribution in [2.45, 2.75) is 56.2 Å². The number of hydrogen-bond donors (Lipinski definition) is 1. The molecule has 1 heterocycles. The second kappa shape index (κ2) is 6.55. The first-order chi connectivity index (χ1) is 11.1. The lowest BCUT2D eigenvalue weighted by Crippen LogP contribution is -2.44. The Bertz CT molecular complexity index is 756. The molecule has 1 unspecified atom stereocenters. The van der Waals surface area contributed by atoms with Crippen LogP contribution in [0.2, 0.25) is 0 Å². The molecule has 132 valence electrons. The van der Waals surface area contributed by atoms with Gasteiger partial charge in [0.05, 0.1) is 15.3 Å². The SMILES string of the molecule is CCC(C)NC(=O)CN1C(=O)CC(C)(C)S(=O)(=O)c2ccccc21. The van der Waals surface area contributed by atoms with Crippen LogP contribution in [0.25, 0.3) is 0 Å². The predicted octanol–water partition coefficient (Wildman–Crippen LogP) is 1.89. The minimum Gasteiger partial charge on any atom is -0.352 e. The van der Waals surface area contributed by atoms with Crippen LogP contribution in [0.1, 0.15) is 40.5 Å². The first-order valence-electron chi connectivity index (χ1n) is 8.03. The van der Waals surface area contributed by atoms with Crippen LogP contribution >= 0.6 is 0 Å². The van der Waals surface area contributed by atoms with Gasteiger partial charge in [0.15, 0.2) is 9.84 Å². The first-order valence-corrected chi connectivity index (χ1v) is 9.52. The molecule has 6 nitrogen and oxygen atoms in total. The zero-order valence-electron chi connectivity index (χ0n) is 14.5. The summed E-state index contributed by atoms with van der Waals surface area (Å²) in [6, 6.07) is 6.35. The van der Waals surface area contributed by atoms with Crippen LogP contribution in [0, 0.1) is 0 Å². The number of carbonyl (C=O) groups is 2. The van der Waals surface area contributed by atoms with Gasteiger partial charge in [-0.05, 0) is 39.3 Å². The van der Waals surface area contributed by atoms with Crippen LogP contribution in [0.3, 0.4) is 0 Å². The molecule has 7 heteroatoms. The first kappa shape index (κ1) is 18.4. The van der Waals surface area contributed by atoms with Crippen LogP contribution in [-0.2, 0) is 19.4 Å². The van der Waals surface area contributed by atoms with Crippen LogP contribution in [0.15, 0.2) is 29.2 Å². The van der Waals surface area contributed by atoms with E-state index in [1.165, 1.54) is 11.0 Å². The normalized spacial score (nSPS) is 20.0. The summed E-state index contributed by atoms with van der Waals surface area (Å²) in [6.45, 7) is 6.72. The second-order valence-electron chi connectivity index (χ2n) is 6.76. The van der Waals surface area contributed by atoms with E-state index in [2.05, 4.69) is 5.32 Å². The number of fused-ring (bicyclic) bond motifs is 1. The minimum absolute atomic E-state index is 0.00463. The number of anilines is 1. The average Bonchev–Trinajstić information content (AvgIpc) is 2.55. The Hall–Kier alpha value is -1.89. The fraction of sp³-hybridized carbons (Fsp3) is 0.529. The molecule has 0 saturated heterocycles. The van der Waals surface area contributed by atoms with E-state index >= 15 is 0 Å². The molecule has 24 heavy (non-hydrogen) atoms. The standard InChI is InChI=1S/C17H24N2O4S/c1-5-12(2)18-15(20)11-19-13-8-6-7-9-14(13)24(22,23)17(3,4)10-16(19)21/h6-9,12H,5,10-11H2,1-4H3,(H,18,20). The van der Waals surface area contributed by atoms with E-state index in [0.29, 0.717) is 0 Å². The summed E-state index contributed by atoms with van der Waals surface area (Å²) in [5.41, 5.74) is 0.271. The van der Waals surface area contributed by atoms with Gasteiger partial charge in [0, 0.05) is 12.5 Å². The van der Waals surface area contributed by atoms with E-state index < -0.39 is 14.6 Å². The fourth-order valence-corrected chi connectivity index (χ4v) is 4.25. The Morgan fingerprint density at radius 1 is 1.33 bits per heavy atom. The maximum absolute atomic E-state index is 12.9. The molecule has 2 rings (SSSR count). The lowest BCUT2D eigenvalue weighted by molar-refractivity contribution is -0.124. The summed E-state index contributed by atoms with van der Waals surface area (Å²) >= 11 is 0. The smallest absolute Gasteiger partial charge is 0.240 e. The molecule has 1 aromatic rings. The maximum Gasteiger partial charge on any atom is 0.240 e. The van der Waals surface area contributed by atoms with Gasteiger partial charge < -0.3 is 10.2 Å². The molecule has 1 atom stereocenters. The molecule has 0 saturated carbocycles. The van der Waals surface area contributed by atoms with Crippen molar-refractivity contribution >= 4 is 27.3 Å². The molecule has 0 spiro atoms. The van der Waals surface area contributed by atoms with Crippen molar-refractivity contribution < 1.29 is 18.0 Å². The highest BCUT2D eigenvalue weighted by atomic mass is 32.2.